The highest BCUT2D eigenvalue weighted by atomic mass is 32.2. The third-order valence-corrected chi connectivity index (χ3v) is 4.49. The van der Waals surface area contributed by atoms with Crippen LogP contribution in [-0.2, 0) is 22.1 Å². The number of hydrogen-bond acceptors (Lipinski definition) is 6. The Kier molecular flexibility index (Phi) is 4.11. The topological polar surface area (TPSA) is 74.1 Å². The van der Waals surface area contributed by atoms with Crippen LogP contribution in [0.25, 0.3) is 0 Å². The van der Waals surface area contributed by atoms with Crippen molar-refractivity contribution in [3.8, 4) is 0 Å². The van der Waals surface area contributed by atoms with Crippen LogP contribution in [0, 0.1) is 6.92 Å². The fourth-order valence-electron chi connectivity index (χ4n) is 1.64. The Balaban J connectivity index is 2.28. The zero-order valence-corrected chi connectivity index (χ0v) is 12.4. The summed E-state index contributed by atoms with van der Waals surface area (Å²) in [6.45, 7) is 2.42. The molecule has 0 aliphatic rings. The van der Waals surface area contributed by atoms with Gasteiger partial charge >= 0.3 is 5.97 Å². The lowest BCUT2D eigenvalue weighted by molar-refractivity contribution is 0.0606. The Bertz CT molecular complexity index is 633. The second-order valence-corrected chi connectivity index (χ2v) is 6.41. The number of aryl methyl sites for hydroxylation is 1. The van der Waals surface area contributed by atoms with Gasteiger partial charge in [-0.25, -0.2) is 4.79 Å². The predicted octanol–water partition coefficient (Wildman–Crippen LogP) is 1.22. The summed E-state index contributed by atoms with van der Waals surface area (Å²) in [5.74, 6) is -0.345. The summed E-state index contributed by atoms with van der Waals surface area (Å²) >= 11 is 1.38. The summed E-state index contributed by atoms with van der Waals surface area (Å²) in [6.07, 6.45) is 3.09. The molecule has 0 aliphatic carbocycles. The van der Waals surface area contributed by atoms with Crippen molar-refractivity contribution in [2.24, 2.45) is 0 Å². The van der Waals surface area contributed by atoms with Crippen LogP contribution < -0.4 is 0 Å². The van der Waals surface area contributed by atoms with Crippen molar-refractivity contribution in [3.63, 3.8) is 0 Å². The van der Waals surface area contributed by atoms with Crippen LogP contribution in [0.3, 0.4) is 0 Å². The van der Waals surface area contributed by atoms with E-state index in [1.54, 1.807) is 16.9 Å². The maximum atomic E-state index is 11.5. The Morgan fingerprint density at radius 3 is 2.95 bits per heavy atom. The Morgan fingerprint density at radius 2 is 2.32 bits per heavy atom. The number of ether oxygens (including phenoxy) is 1. The van der Waals surface area contributed by atoms with Crippen LogP contribution in [0.5, 0.6) is 0 Å². The number of methoxy groups -OCH3 is 1. The van der Waals surface area contributed by atoms with E-state index in [2.05, 4.69) is 10.2 Å². The first-order valence-corrected chi connectivity index (χ1v) is 7.79. The normalized spacial score (nSPS) is 12.4. The van der Waals surface area contributed by atoms with Crippen LogP contribution in [0.2, 0.25) is 0 Å². The van der Waals surface area contributed by atoms with Gasteiger partial charge in [-0.1, -0.05) is 0 Å². The smallest absolute Gasteiger partial charge is 0.348 e. The van der Waals surface area contributed by atoms with Gasteiger partial charge in [0.1, 0.15) is 11.2 Å². The van der Waals surface area contributed by atoms with Crippen LogP contribution in [0.15, 0.2) is 17.6 Å². The van der Waals surface area contributed by atoms with Crippen LogP contribution in [0.4, 0.5) is 0 Å². The molecule has 0 aromatic carbocycles. The summed E-state index contributed by atoms with van der Waals surface area (Å²) < 4.78 is 17.9. The zero-order valence-electron chi connectivity index (χ0n) is 10.7. The first-order chi connectivity index (χ1) is 9.02. The van der Waals surface area contributed by atoms with Crippen LogP contribution in [0.1, 0.15) is 20.1 Å². The lowest BCUT2D eigenvalue weighted by Crippen LogP contribution is -2.05. The van der Waals surface area contributed by atoms with Crippen LogP contribution >= 0.6 is 11.3 Å². The molecule has 0 N–H and O–H groups in total. The lowest BCUT2D eigenvalue weighted by atomic mass is 10.2. The number of rotatable bonds is 4. The van der Waals surface area contributed by atoms with Gasteiger partial charge in [0, 0.05) is 11.1 Å². The molecular weight excluding hydrogens is 286 g/mol. The van der Waals surface area contributed by atoms with Crippen molar-refractivity contribution in [1.82, 2.24) is 14.8 Å². The molecular formula is C11H13N3O3S2. The summed E-state index contributed by atoms with van der Waals surface area (Å²) in [7, 11) is 0.164. The van der Waals surface area contributed by atoms with E-state index in [1.165, 1.54) is 24.8 Å². The number of carbonyl (C=O) groups is 1. The van der Waals surface area contributed by atoms with Gasteiger partial charge in [-0.2, -0.15) is 0 Å². The molecule has 0 saturated heterocycles. The zero-order chi connectivity index (χ0) is 14.0. The minimum Gasteiger partial charge on any atom is -0.465 e. The van der Waals surface area contributed by atoms with E-state index < -0.39 is 10.8 Å². The molecule has 2 aromatic heterocycles. The summed E-state index contributed by atoms with van der Waals surface area (Å²) in [4.78, 5) is 13.0. The third kappa shape index (κ3) is 2.90. The first kappa shape index (κ1) is 13.9. The van der Waals surface area contributed by atoms with Gasteiger partial charge < -0.3 is 9.30 Å². The van der Waals surface area contributed by atoms with E-state index in [4.69, 9.17) is 4.74 Å². The number of hydrogen-bond donors (Lipinski definition) is 0. The molecule has 1 unspecified atom stereocenters. The van der Waals surface area contributed by atoms with Crippen molar-refractivity contribution in [2.45, 2.75) is 18.6 Å². The fraction of sp³-hybridized carbons (Fsp3) is 0.364. The summed E-state index contributed by atoms with van der Waals surface area (Å²) in [5, 5.41) is 8.00. The van der Waals surface area contributed by atoms with Crippen molar-refractivity contribution in [3.05, 3.63) is 27.7 Å². The van der Waals surface area contributed by atoms with Crippen molar-refractivity contribution >= 4 is 28.1 Å². The standard InChI is InChI=1S/C11H13N3O3S2/c1-7-8(4-9(18-7)10(15)17-2)5-14-6-12-13-11(14)19(3)16/h4,6H,5H2,1-3H3. The molecule has 102 valence electrons. The number of carbonyl (C=O) groups excluding carboxylic acids is 1. The van der Waals surface area contributed by atoms with Gasteiger partial charge in [-0.05, 0) is 18.6 Å². The molecule has 0 fully saturated rings. The maximum Gasteiger partial charge on any atom is 0.348 e. The molecule has 2 rings (SSSR count). The Hall–Kier alpha value is -1.54. The van der Waals surface area contributed by atoms with Crippen molar-refractivity contribution in [1.29, 1.82) is 0 Å². The molecule has 0 radical (unpaired) electrons. The molecule has 2 heterocycles. The molecule has 0 bridgehead atoms. The minimum absolute atomic E-state index is 0.345. The number of esters is 1. The average Bonchev–Trinajstić information content (AvgIpc) is 2.96. The van der Waals surface area contributed by atoms with Crippen molar-refractivity contribution < 1.29 is 13.7 Å². The third-order valence-electron chi connectivity index (χ3n) is 2.58. The second-order valence-electron chi connectivity index (χ2n) is 3.88. The predicted molar refractivity (Wildman–Crippen MR) is 71.9 cm³/mol. The highest BCUT2D eigenvalue weighted by molar-refractivity contribution is 7.84. The monoisotopic (exact) mass is 299 g/mol. The lowest BCUT2D eigenvalue weighted by Gasteiger charge is -2.03. The molecule has 0 spiro atoms. The molecule has 0 aliphatic heterocycles. The Labute approximate surface area is 116 Å². The summed E-state index contributed by atoms with van der Waals surface area (Å²) in [5.41, 5.74) is 0.969. The minimum atomic E-state index is -1.19. The molecule has 0 saturated carbocycles. The summed E-state index contributed by atoms with van der Waals surface area (Å²) in [6, 6.07) is 1.79. The van der Waals surface area contributed by atoms with E-state index in [1.807, 2.05) is 6.92 Å². The molecule has 2 aromatic rings. The van der Waals surface area contributed by atoms with E-state index in [9.17, 15) is 9.00 Å². The van der Waals surface area contributed by atoms with Gasteiger partial charge in [0.25, 0.3) is 0 Å². The molecule has 6 nitrogen and oxygen atoms in total. The van der Waals surface area contributed by atoms with Gasteiger partial charge in [0.2, 0.25) is 5.16 Å². The second kappa shape index (κ2) is 5.62. The van der Waals surface area contributed by atoms with Gasteiger partial charge in [-0.15, -0.1) is 21.5 Å². The van der Waals surface area contributed by atoms with E-state index in [0.717, 1.165) is 10.4 Å². The highest BCUT2D eigenvalue weighted by Crippen LogP contribution is 2.23. The molecule has 0 amide bonds. The van der Waals surface area contributed by atoms with Crippen LogP contribution in [-0.4, -0.2) is 38.3 Å². The SMILES string of the molecule is COC(=O)c1cc(Cn2cnnc2S(C)=O)c(C)s1. The fourth-order valence-corrected chi connectivity index (χ4v) is 3.19. The Morgan fingerprint density at radius 1 is 1.58 bits per heavy atom. The van der Waals surface area contributed by atoms with Gasteiger partial charge in [0.15, 0.2) is 0 Å². The molecule has 19 heavy (non-hydrogen) atoms. The number of thiophene rings is 1. The average molecular weight is 299 g/mol. The van der Waals surface area contributed by atoms with Crippen molar-refractivity contribution in [2.75, 3.05) is 13.4 Å². The maximum absolute atomic E-state index is 11.5. The first-order valence-electron chi connectivity index (χ1n) is 5.41. The number of nitrogens with zero attached hydrogens (tertiary/aromatic N) is 3. The molecule has 1 atom stereocenters. The van der Waals surface area contributed by atoms with E-state index in [0.29, 0.717) is 16.6 Å². The number of aromatic nitrogens is 3. The van der Waals surface area contributed by atoms with Gasteiger partial charge in [0.05, 0.1) is 24.5 Å². The molecule has 8 heteroatoms. The largest absolute Gasteiger partial charge is 0.465 e. The van der Waals surface area contributed by atoms with Gasteiger partial charge in [-0.3, -0.25) is 4.21 Å². The quantitative estimate of drug-likeness (QED) is 0.794. The van der Waals surface area contributed by atoms with E-state index >= 15 is 0 Å². The van der Waals surface area contributed by atoms with E-state index in [-0.39, 0.29) is 5.97 Å². The highest BCUT2D eigenvalue weighted by Gasteiger charge is 2.15.